The van der Waals surface area contributed by atoms with Crippen LogP contribution in [0.2, 0.25) is 0 Å². The van der Waals surface area contributed by atoms with Crippen molar-refractivity contribution in [3.05, 3.63) is 22.8 Å². The van der Waals surface area contributed by atoms with Gasteiger partial charge in [-0.25, -0.2) is 0 Å². The molecule has 60 heavy (non-hydrogen) atoms. The van der Waals surface area contributed by atoms with Gasteiger partial charge in [-0.15, -0.1) is 47.0 Å². The minimum absolute atomic E-state index is 0.633. The maximum absolute atomic E-state index is 4.69. The zero-order valence-corrected chi connectivity index (χ0v) is 40.8. The van der Waals surface area contributed by atoms with Crippen molar-refractivity contribution in [1.82, 2.24) is 54.6 Å². The van der Waals surface area contributed by atoms with Crippen molar-refractivity contribution in [1.29, 1.82) is 0 Å². The second kappa shape index (κ2) is 19.5. The Bertz CT molecular complexity index is 1740. The minimum Gasteiger partial charge on any atom is -0.302 e. The van der Waals surface area contributed by atoms with Crippen molar-refractivity contribution in [3.8, 4) is 0 Å². The van der Waals surface area contributed by atoms with Crippen molar-refractivity contribution in [2.45, 2.75) is 95.1 Å². The normalized spacial score (nSPS) is 34.4. The Hall–Kier alpha value is -0.520. The zero-order valence-electron chi connectivity index (χ0n) is 34.2. The molecule has 0 aromatic carbocycles. The fraction of sp³-hybridized carbons (Fsp3) is 0.800. The molecule has 12 nitrogen and oxygen atoms in total. The third-order valence-electron chi connectivity index (χ3n) is 14.7. The Morgan fingerprint density at radius 1 is 0.350 bits per heavy atom. The Labute approximate surface area is 388 Å². The summed E-state index contributed by atoms with van der Waals surface area (Å²) >= 11 is 13.3. The molecule has 4 aromatic heterocycles. The molecule has 0 spiro atoms. The van der Waals surface area contributed by atoms with Gasteiger partial charge in [-0.1, -0.05) is 0 Å². The van der Waals surface area contributed by atoms with E-state index in [0.717, 1.165) is 46.7 Å². The molecule has 4 aromatic rings. The largest absolute Gasteiger partial charge is 0.302 e. The molecule has 12 heterocycles. The highest BCUT2D eigenvalue weighted by atomic mass is 32.2. The second-order valence-corrected chi connectivity index (χ2v) is 24.7. The maximum Gasteiger partial charge on any atom is 0.134 e. The van der Waals surface area contributed by atoms with E-state index >= 15 is 0 Å². The highest BCUT2D eigenvalue weighted by molar-refractivity contribution is 8.00. The molecule has 0 N–H and O–H groups in total. The number of aromatic nitrogens is 8. The highest BCUT2D eigenvalue weighted by Gasteiger charge is 2.44. The summed E-state index contributed by atoms with van der Waals surface area (Å²) in [5.41, 5.74) is 5.19. The SMILES string of the molecule is C(CCSc1nsnc1C1CN2CCC1C2)CSc1nsnc1C1CN2CCC1C2.C(CCSc1nsnc1C1CN2CCC1C2)CSc1nsnc1C1CN2CCC1C2. The topological polar surface area (TPSA) is 116 Å². The third-order valence-corrected chi connectivity index (χ3v) is 21.6. The third kappa shape index (κ3) is 9.16. The molecule has 20 heteroatoms. The van der Waals surface area contributed by atoms with Gasteiger partial charge < -0.3 is 19.6 Å². The minimum atomic E-state index is 0.633. The first-order valence-corrected chi connectivity index (χ1v) is 29.3. The van der Waals surface area contributed by atoms with Crippen LogP contribution in [0.5, 0.6) is 0 Å². The molecular formula is C40H56N12S8. The smallest absolute Gasteiger partial charge is 0.134 e. The van der Waals surface area contributed by atoms with E-state index in [2.05, 4.69) is 37.1 Å². The Morgan fingerprint density at radius 3 is 0.800 bits per heavy atom. The van der Waals surface area contributed by atoms with Crippen molar-refractivity contribution in [2.24, 2.45) is 23.7 Å². The lowest BCUT2D eigenvalue weighted by atomic mass is 9.90. The number of hydrogen-bond acceptors (Lipinski definition) is 20. The first kappa shape index (κ1) is 42.1. The van der Waals surface area contributed by atoms with E-state index in [4.69, 9.17) is 17.5 Å². The fourth-order valence-electron chi connectivity index (χ4n) is 11.5. The number of nitrogens with zero attached hydrogens (tertiary/aromatic N) is 12. The van der Waals surface area contributed by atoms with Gasteiger partial charge in [-0.3, -0.25) is 0 Å². The Kier molecular flexibility index (Phi) is 13.7. The molecular weight excluding hydrogens is 905 g/mol. The zero-order chi connectivity index (χ0) is 39.8. The number of rotatable bonds is 18. The molecule has 0 aliphatic carbocycles. The Balaban J connectivity index is 0.000000136. The molecule has 8 saturated heterocycles. The molecule has 8 aliphatic rings. The predicted octanol–water partition coefficient (Wildman–Crippen LogP) is 7.78. The van der Waals surface area contributed by atoms with Crippen LogP contribution in [0.15, 0.2) is 20.1 Å². The van der Waals surface area contributed by atoms with Crippen LogP contribution in [-0.2, 0) is 0 Å². The fourth-order valence-corrected chi connectivity index (χ4v) is 18.6. The van der Waals surface area contributed by atoms with Gasteiger partial charge >= 0.3 is 0 Å². The summed E-state index contributed by atoms with van der Waals surface area (Å²) in [5.74, 6) is 10.4. The van der Waals surface area contributed by atoms with Gasteiger partial charge in [0.15, 0.2) is 0 Å². The summed E-state index contributed by atoms with van der Waals surface area (Å²) in [4.78, 5) is 10.4. The molecule has 12 rings (SSSR count). The lowest BCUT2D eigenvalue weighted by Gasteiger charge is -2.20. The Morgan fingerprint density at radius 2 is 0.600 bits per heavy atom. The molecule has 324 valence electrons. The lowest BCUT2D eigenvalue weighted by Crippen LogP contribution is -2.22. The van der Waals surface area contributed by atoms with Crippen molar-refractivity contribution < 1.29 is 0 Å². The van der Waals surface area contributed by atoms with Crippen molar-refractivity contribution in [2.75, 3.05) is 102 Å². The molecule has 0 radical (unpaired) electrons. The van der Waals surface area contributed by atoms with E-state index in [1.807, 2.05) is 47.0 Å². The van der Waals surface area contributed by atoms with E-state index in [1.54, 1.807) is 0 Å². The number of fused-ring (bicyclic) bond motifs is 8. The summed E-state index contributed by atoms with van der Waals surface area (Å²) in [6, 6.07) is 0. The van der Waals surface area contributed by atoms with Crippen LogP contribution in [0.3, 0.4) is 0 Å². The van der Waals surface area contributed by atoms with E-state index in [9.17, 15) is 0 Å². The average Bonchev–Trinajstić information content (AvgIpc) is 4.12. The van der Waals surface area contributed by atoms with Gasteiger partial charge in [0.05, 0.1) is 69.7 Å². The monoisotopic (exact) mass is 960 g/mol. The molecule has 8 fully saturated rings. The number of unbranched alkanes of at least 4 members (excludes halogenated alkanes) is 2. The van der Waals surface area contributed by atoms with Crippen LogP contribution in [0.25, 0.3) is 0 Å². The maximum atomic E-state index is 4.69. The average molecular weight is 962 g/mol. The van der Waals surface area contributed by atoms with E-state index in [1.165, 1.54) is 220 Å². The van der Waals surface area contributed by atoms with Gasteiger partial charge in [0.25, 0.3) is 0 Å². The number of piperidine rings is 4. The predicted molar refractivity (Wildman–Crippen MR) is 250 cm³/mol. The summed E-state index contributed by atoms with van der Waals surface area (Å²) in [5, 5.41) is 4.85. The van der Waals surface area contributed by atoms with Crippen LogP contribution < -0.4 is 0 Å². The van der Waals surface area contributed by atoms with Crippen molar-refractivity contribution >= 4 is 94.0 Å². The summed E-state index contributed by atoms with van der Waals surface area (Å²) in [6.45, 7) is 15.0. The van der Waals surface area contributed by atoms with Crippen LogP contribution in [0, 0.1) is 23.7 Å². The van der Waals surface area contributed by atoms with E-state index in [-0.39, 0.29) is 0 Å². The molecule has 0 amide bonds. The molecule has 0 saturated carbocycles. The van der Waals surface area contributed by atoms with Crippen LogP contribution in [-0.4, -0.2) is 156 Å². The first-order chi connectivity index (χ1) is 29.7. The molecule has 12 atom stereocenters. The summed E-state index contributed by atoms with van der Waals surface area (Å²) in [6.07, 6.45) is 10.3. The number of thioether (sulfide) groups is 4. The van der Waals surface area contributed by atoms with Crippen molar-refractivity contribution in [3.63, 3.8) is 0 Å². The summed E-state index contributed by atoms with van der Waals surface area (Å²) in [7, 11) is 0. The standard InChI is InChI=1S/2C20H28N6S4/c2*1(7-27-19-17(21-29-23-19)15-11-25-5-3-13(15)9-25)2-8-28-20-18(22-30-24-20)16-12-26-6-4-14(16)10-26/h2*13-16H,1-12H2. The number of hydrogen-bond donors (Lipinski definition) is 0. The lowest BCUT2D eigenvalue weighted by molar-refractivity contribution is 0.342. The van der Waals surface area contributed by atoms with E-state index in [0.29, 0.717) is 23.7 Å². The van der Waals surface area contributed by atoms with Crippen LogP contribution in [0.4, 0.5) is 0 Å². The quantitative estimate of drug-likeness (QED) is 0.0714. The van der Waals surface area contributed by atoms with Gasteiger partial charge in [-0.05, 0) is 124 Å². The van der Waals surface area contributed by atoms with Gasteiger partial charge in [-0.2, -0.15) is 35.0 Å². The summed E-state index contributed by atoms with van der Waals surface area (Å²) < 4.78 is 37.3. The van der Waals surface area contributed by atoms with E-state index < -0.39 is 0 Å². The van der Waals surface area contributed by atoms with Gasteiger partial charge in [0.1, 0.15) is 20.1 Å². The molecule has 8 bridgehead atoms. The first-order valence-electron chi connectivity index (χ1n) is 22.4. The second-order valence-electron chi connectivity index (χ2n) is 18.3. The highest BCUT2D eigenvalue weighted by Crippen LogP contribution is 2.46. The molecule has 8 aliphatic heterocycles. The molecule has 12 unspecified atom stereocenters. The van der Waals surface area contributed by atoms with Gasteiger partial charge in [0, 0.05) is 76.0 Å². The van der Waals surface area contributed by atoms with Crippen LogP contribution in [0.1, 0.15) is 97.8 Å². The van der Waals surface area contributed by atoms with Crippen LogP contribution >= 0.6 is 94.0 Å². The van der Waals surface area contributed by atoms with Gasteiger partial charge in [0.2, 0.25) is 0 Å².